The summed E-state index contributed by atoms with van der Waals surface area (Å²) in [5.74, 6) is -9.85. The van der Waals surface area contributed by atoms with Gasteiger partial charge >= 0.3 is 0 Å². The molecule has 0 aliphatic rings. The topological polar surface area (TPSA) is 75.2 Å². The van der Waals surface area contributed by atoms with E-state index < -0.39 is 51.6 Å². The number of benzene rings is 2. The molecule has 0 aliphatic carbocycles. The second-order valence-corrected chi connectivity index (χ2v) is 5.16. The molecule has 0 saturated carbocycles. The minimum atomic E-state index is -1.87. The third kappa shape index (κ3) is 2.77. The molecule has 0 spiro atoms. The lowest BCUT2D eigenvalue weighted by molar-refractivity contribution is 0.329. The highest BCUT2D eigenvalue weighted by molar-refractivity contribution is 5.79. The van der Waals surface area contributed by atoms with Crippen LogP contribution in [0.4, 0.5) is 17.6 Å². The zero-order valence-corrected chi connectivity index (χ0v) is 13.1. The molecule has 0 fully saturated rings. The summed E-state index contributed by atoms with van der Waals surface area (Å²) in [6.07, 6.45) is 0.609. The first-order valence-corrected chi connectivity index (χ1v) is 7.15. The van der Waals surface area contributed by atoms with E-state index in [1.165, 1.54) is 0 Å². The van der Waals surface area contributed by atoms with Crippen molar-refractivity contribution in [1.82, 2.24) is 9.97 Å². The lowest BCUT2D eigenvalue weighted by atomic mass is 10.1. The van der Waals surface area contributed by atoms with Gasteiger partial charge in [0.2, 0.25) is 11.6 Å². The Hall–Kier alpha value is -3.36. The van der Waals surface area contributed by atoms with E-state index in [2.05, 4.69) is 14.7 Å². The molecule has 0 aliphatic heterocycles. The van der Waals surface area contributed by atoms with E-state index in [0.29, 0.717) is 17.1 Å². The summed E-state index contributed by atoms with van der Waals surface area (Å²) in [4.78, 5) is 18.4. The first-order chi connectivity index (χ1) is 12.3. The molecule has 3 aromatic rings. The maximum atomic E-state index is 14.0. The van der Waals surface area contributed by atoms with Gasteiger partial charge in [-0.05, 0) is 12.1 Å². The van der Waals surface area contributed by atoms with Crippen molar-refractivity contribution in [1.29, 1.82) is 0 Å². The van der Waals surface area contributed by atoms with Crippen LogP contribution in [0.15, 0.2) is 29.1 Å². The van der Waals surface area contributed by atoms with Crippen molar-refractivity contribution in [2.45, 2.75) is 0 Å². The molecule has 1 heterocycles. The molecule has 0 saturated heterocycles. The maximum Gasteiger partial charge on any atom is 0.274 e. The number of halogens is 4. The number of rotatable bonds is 3. The van der Waals surface area contributed by atoms with Crippen LogP contribution in [0.3, 0.4) is 0 Å². The molecule has 0 amide bonds. The van der Waals surface area contributed by atoms with Gasteiger partial charge in [-0.2, -0.15) is 8.78 Å². The smallest absolute Gasteiger partial charge is 0.274 e. The Bertz CT molecular complexity index is 1080. The number of H-pyrrole nitrogens is 1. The van der Waals surface area contributed by atoms with Crippen LogP contribution < -0.4 is 10.3 Å². The zero-order valence-electron chi connectivity index (χ0n) is 13.1. The van der Waals surface area contributed by atoms with Crippen LogP contribution in [0.1, 0.15) is 11.3 Å². The standard InChI is InChI=1S/C17H10F4N2O3/c1-26-16-14(20)12(18)11(13(19)15(16)21)10(24)6-9-17(25)23-8-5-3-2-4-7(8)22-9/h2-6,24H,1H3,(H,23,25)/b10-6-. The van der Waals surface area contributed by atoms with Crippen LogP contribution in [0.5, 0.6) is 5.75 Å². The minimum Gasteiger partial charge on any atom is -0.507 e. The van der Waals surface area contributed by atoms with Crippen LogP contribution in [-0.4, -0.2) is 22.2 Å². The molecule has 1 aromatic heterocycles. The van der Waals surface area contributed by atoms with Gasteiger partial charge in [-0.25, -0.2) is 13.8 Å². The highest BCUT2D eigenvalue weighted by Crippen LogP contribution is 2.33. The molecule has 3 rings (SSSR count). The van der Waals surface area contributed by atoms with E-state index >= 15 is 0 Å². The van der Waals surface area contributed by atoms with Crippen LogP contribution in [0.25, 0.3) is 22.9 Å². The number of methoxy groups -OCH3 is 1. The Morgan fingerprint density at radius 2 is 1.73 bits per heavy atom. The van der Waals surface area contributed by atoms with Gasteiger partial charge in [0, 0.05) is 6.08 Å². The molecule has 0 unspecified atom stereocenters. The van der Waals surface area contributed by atoms with Crippen molar-refractivity contribution in [2.75, 3.05) is 7.11 Å². The Balaban J connectivity index is 2.20. The predicted octanol–water partition coefficient (Wildman–Crippen LogP) is 3.54. The van der Waals surface area contributed by atoms with Gasteiger partial charge in [0.25, 0.3) is 5.56 Å². The van der Waals surface area contributed by atoms with Gasteiger partial charge in [0.15, 0.2) is 17.4 Å². The van der Waals surface area contributed by atoms with Gasteiger partial charge in [-0.1, -0.05) is 12.1 Å². The van der Waals surface area contributed by atoms with Crippen LogP contribution in [0.2, 0.25) is 0 Å². The minimum absolute atomic E-state index is 0.333. The summed E-state index contributed by atoms with van der Waals surface area (Å²) in [5, 5.41) is 9.96. The van der Waals surface area contributed by atoms with Gasteiger partial charge in [-0.15, -0.1) is 0 Å². The number of ether oxygens (including phenoxy) is 1. The summed E-state index contributed by atoms with van der Waals surface area (Å²) in [6.45, 7) is 0. The molecular formula is C17H10F4N2O3. The highest BCUT2D eigenvalue weighted by atomic mass is 19.2. The predicted molar refractivity (Wildman–Crippen MR) is 85.7 cm³/mol. The van der Waals surface area contributed by atoms with Gasteiger partial charge in [-0.3, -0.25) is 4.79 Å². The number of aliphatic hydroxyl groups is 1. The highest BCUT2D eigenvalue weighted by Gasteiger charge is 2.28. The van der Waals surface area contributed by atoms with Crippen LogP contribution in [-0.2, 0) is 0 Å². The van der Waals surface area contributed by atoms with E-state index in [1.807, 2.05) is 0 Å². The third-order valence-corrected chi connectivity index (χ3v) is 3.58. The molecule has 0 atom stereocenters. The van der Waals surface area contributed by atoms with Crippen LogP contribution >= 0.6 is 0 Å². The van der Waals surface area contributed by atoms with Crippen molar-refractivity contribution in [3.63, 3.8) is 0 Å². The Morgan fingerprint density at radius 1 is 1.12 bits per heavy atom. The summed E-state index contributed by atoms with van der Waals surface area (Å²) in [6, 6.07) is 6.41. The van der Waals surface area contributed by atoms with E-state index in [1.54, 1.807) is 24.3 Å². The van der Waals surface area contributed by atoms with Crippen molar-refractivity contribution in [3.05, 3.63) is 69.1 Å². The number of aromatic amines is 1. The Morgan fingerprint density at radius 3 is 2.35 bits per heavy atom. The van der Waals surface area contributed by atoms with Crippen molar-refractivity contribution in [3.8, 4) is 5.75 Å². The Labute approximate surface area is 143 Å². The van der Waals surface area contributed by atoms with E-state index in [0.717, 1.165) is 7.11 Å². The molecular weight excluding hydrogens is 356 g/mol. The number of hydrogen-bond acceptors (Lipinski definition) is 4. The van der Waals surface area contributed by atoms with Crippen molar-refractivity contribution >= 4 is 22.9 Å². The number of nitrogens with one attached hydrogen (secondary N) is 1. The second-order valence-electron chi connectivity index (χ2n) is 5.16. The fourth-order valence-electron chi connectivity index (χ4n) is 2.36. The molecule has 0 bridgehead atoms. The van der Waals surface area contributed by atoms with Crippen molar-refractivity contribution < 1.29 is 27.4 Å². The van der Waals surface area contributed by atoms with Gasteiger partial charge in [0.1, 0.15) is 11.5 Å². The zero-order chi connectivity index (χ0) is 19.0. The van der Waals surface area contributed by atoms with E-state index in [4.69, 9.17) is 0 Å². The van der Waals surface area contributed by atoms with Crippen LogP contribution in [0, 0.1) is 23.3 Å². The summed E-state index contributed by atoms with van der Waals surface area (Å²) >= 11 is 0. The van der Waals surface area contributed by atoms with E-state index in [9.17, 15) is 27.5 Å². The molecule has 2 aromatic carbocycles. The summed E-state index contributed by atoms with van der Waals surface area (Å²) in [7, 11) is 0.828. The largest absolute Gasteiger partial charge is 0.507 e. The van der Waals surface area contributed by atoms with Gasteiger partial charge < -0.3 is 14.8 Å². The number of aromatic nitrogens is 2. The second kappa shape index (κ2) is 6.51. The molecule has 0 radical (unpaired) electrons. The summed E-state index contributed by atoms with van der Waals surface area (Å²) < 4.78 is 59.8. The fourth-order valence-corrected chi connectivity index (χ4v) is 2.36. The molecule has 26 heavy (non-hydrogen) atoms. The number of aliphatic hydroxyl groups excluding tert-OH is 1. The first-order valence-electron chi connectivity index (χ1n) is 7.15. The molecule has 9 heteroatoms. The molecule has 5 nitrogen and oxygen atoms in total. The van der Waals surface area contributed by atoms with Crippen molar-refractivity contribution in [2.24, 2.45) is 0 Å². The molecule has 2 N–H and O–H groups in total. The maximum absolute atomic E-state index is 14.0. The quantitative estimate of drug-likeness (QED) is 0.422. The monoisotopic (exact) mass is 366 g/mol. The number of nitrogens with zero attached hydrogens (tertiary/aromatic N) is 1. The van der Waals surface area contributed by atoms with E-state index in [-0.39, 0.29) is 0 Å². The number of hydrogen-bond donors (Lipinski definition) is 2. The third-order valence-electron chi connectivity index (χ3n) is 3.58. The average Bonchev–Trinajstić information content (AvgIpc) is 2.61. The SMILES string of the molecule is COc1c(F)c(F)c(/C(O)=C/c2nc3ccccc3[nH]c2=O)c(F)c1F. The summed E-state index contributed by atoms with van der Waals surface area (Å²) in [5.41, 5.74) is -1.83. The number of fused-ring (bicyclic) bond motifs is 1. The lowest BCUT2D eigenvalue weighted by Crippen LogP contribution is -2.12. The first kappa shape index (κ1) is 17.5. The lowest BCUT2D eigenvalue weighted by Gasteiger charge is -2.10. The average molecular weight is 366 g/mol. The van der Waals surface area contributed by atoms with Gasteiger partial charge in [0.05, 0.1) is 23.7 Å². The Kier molecular flexibility index (Phi) is 4.37. The number of para-hydroxylation sites is 2. The molecule has 134 valence electrons. The normalized spacial score (nSPS) is 11.8. The fraction of sp³-hybridized carbons (Fsp3) is 0.0588.